The summed E-state index contributed by atoms with van der Waals surface area (Å²) in [6.07, 6.45) is 1.27. The Balaban J connectivity index is 1.67. The number of amides is 1. The van der Waals surface area contributed by atoms with Crippen molar-refractivity contribution in [2.24, 2.45) is 5.41 Å². The lowest BCUT2D eigenvalue weighted by Crippen LogP contribution is -2.33. The Bertz CT molecular complexity index is 680. The molecule has 0 unspecified atom stereocenters. The third kappa shape index (κ3) is 3.22. The van der Waals surface area contributed by atoms with Gasteiger partial charge in [-0.05, 0) is 30.5 Å². The topological polar surface area (TPSA) is 58.6 Å². The Morgan fingerprint density at radius 2 is 1.83 bits per heavy atom. The van der Waals surface area contributed by atoms with E-state index in [1.165, 1.54) is 0 Å². The van der Waals surface area contributed by atoms with Crippen LogP contribution >= 0.6 is 0 Å². The lowest BCUT2D eigenvalue weighted by Gasteiger charge is -2.23. The maximum absolute atomic E-state index is 12.4. The van der Waals surface area contributed by atoms with E-state index in [1.807, 2.05) is 42.5 Å². The molecule has 2 aromatic rings. The predicted octanol–water partition coefficient (Wildman–Crippen LogP) is 2.94. The maximum Gasteiger partial charge on any atom is 0.255 e. The summed E-state index contributed by atoms with van der Waals surface area (Å²) in [5, 5.41) is 13.6. The van der Waals surface area contributed by atoms with E-state index in [0.29, 0.717) is 17.9 Å². The van der Waals surface area contributed by atoms with Crippen LogP contribution < -0.4 is 10.1 Å². The van der Waals surface area contributed by atoms with Gasteiger partial charge in [-0.2, -0.15) is 0 Å². The highest BCUT2D eigenvalue weighted by Gasteiger charge is 2.49. The van der Waals surface area contributed by atoms with Gasteiger partial charge < -0.3 is 15.2 Å². The number of para-hydroxylation sites is 1. The average molecular weight is 311 g/mol. The molecule has 0 aliphatic heterocycles. The lowest BCUT2D eigenvalue weighted by molar-refractivity contribution is 0.0806. The fourth-order valence-corrected chi connectivity index (χ4v) is 2.88. The fraction of sp³-hybridized carbons (Fsp3) is 0.316. The minimum absolute atomic E-state index is 0.172. The highest BCUT2D eigenvalue weighted by Crippen LogP contribution is 2.54. The van der Waals surface area contributed by atoms with Crippen molar-refractivity contribution in [2.45, 2.75) is 18.9 Å². The molecule has 0 radical (unpaired) electrons. The maximum atomic E-state index is 12.4. The van der Waals surface area contributed by atoms with E-state index in [0.717, 1.165) is 18.4 Å². The summed E-state index contributed by atoms with van der Waals surface area (Å²) < 4.78 is 5.22. The van der Waals surface area contributed by atoms with Crippen LogP contribution in [0, 0.1) is 5.41 Å². The molecule has 23 heavy (non-hydrogen) atoms. The van der Waals surface area contributed by atoms with Crippen LogP contribution in [0.3, 0.4) is 0 Å². The molecule has 1 aliphatic carbocycles. The SMILES string of the molecule is COc1ccccc1C(=O)NCC1([C@H](O)c2ccccc2)CC1. The first-order chi connectivity index (χ1) is 11.2. The number of carbonyl (C=O) groups is 1. The Labute approximate surface area is 136 Å². The van der Waals surface area contributed by atoms with Gasteiger partial charge in [0.1, 0.15) is 5.75 Å². The van der Waals surface area contributed by atoms with Crippen LogP contribution in [0.15, 0.2) is 54.6 Å². The molecule has 120 valence electrons. The van der Waals surface area contributed by atoms with E-state index in [9.17, 15) is 9.90 Å². The number of rotatable bonds is 6. The van der Waals surface area contributed by atoms with Crippen molar-refractivity contribution in [3.8, 4) is 5.75 Å². The largest absolute Gasteiger partial charge is 0.496 e. The van der Waals surface area contributed by atoms with Gasteiger partial charge in [-0.3, -0.25) is 4.79 Å². The molecule has 4 nitrogen and oxygen atoms in total. The Morgan fingerprint density at radius 3 is 2.48 bits per heavy atom. The minimum Gasteiger partial charge on any atom is -0.496 e. The Kier molecular flexibility index (Phi) is 4.35. The normalized spacial score (nSPS) is 16.4. The number of hydrogen-bond acceptors (Lipinski definition) is 3. The monoisotopic (exact) mass is 311 g/mol. The average Bonchev–Trinajstić information content (AvgIpc) is 3.41. The molecule has 1 saturated carbocycles. The van der Waals surface area contributed by atoms with E-state index >= 15 is 0 Å². The molecule has 0 bridgehead atoms. The van der Waals surface area contributed by atoms with Gasteiger partial charge in [0.15, 0.2) is 0 Å². The van der Waals surface area contributed by atoms with Crippen LogP contribution in [0.5, 0.6) is 5.75 Å². The molecule has 4 heteroatoms. The second-order valence-electron chi connectivity index (χ2n) is 6.06. The van der Waals surface area contributed by atoms with Gasteiger partial charge in [-0.15, -0.1) is 0 Å². The van der Waals surface area contributed by atoms with Crippen molar-refractivity contribution in [3.63, 3.8) is 0 Å². The summed E-state index contributed by atoms with van der Waals surface area (Å²) in [6, 6.07) is 16.8. The van der Waals surface area contributed by atoms with Crippen molar-refractivity contribution in [1.29, 1.82) is 0 Å². The van der Waals surface area contributed by atoms with Crippen molar-refractivity contribution in [2.75, 3.05) is 13.7 Å². The minimum atomic E-state index is -0.554. The van der Waals surface area contributed by atoms with Crippen molar-refractivity contribution in [1.82, 2.24) is 5.32 Å². The van der Waals surface area contributed by atoms with E-state index in [-0.39, 0.29) is 11.3 Å². The van der Waals surface area contributed by atoms with Gasteiger partial charge in [0, 0.05) is 12.0 Å². The molecule has 0 aromatic heterocycles. The van der Waals surface area contributed by atoms with Crippen molar-refractivity contribution < 1.29 is 14.6 Å². The van der Waals surface area contributed by atoms with Crippen LogP contribution in [0.1, 0.15) is 34.9 Å². The second-order valence-corrected chi connectivity index (χ2v) is 6.06. The molecule has 1 amide bonds. The highest BCUT2D eigenvalue weighted by molar-refractivity contribution is 5.96. The van der Waals surface area contributed by atoms with Crippen LogP contribution in [-0.4, -0.2) is 24.7 Å². The molecule has 0 saturated heterocycles. The van der Waals surface area contributed by atoms with Crippen molar-refractivity contribution >= 4 is 5.91 Å². The highest BCUT2D eigenvalue weighted by atomic mass is 16.5. The van der Waals surface area contributed by atoms with Crippen LogP contribution in [-0.2, 0) is 0 Å². The number of aliphatic hydroxyl groups is 1. The summed E-state index contributed by atoms with van der Waals surface area (Å²) in [5.41, 5.74) is 1.16. The fourth-order valence-electron chi connectivity index (χ4n) is 2.88. The van der Waals surface area contributed by atoms with Gasteiger partial charge in [-0.1, -0.05) is 42.5 Å². The molecule has 1 fully saturated rings. The number of nitrogens with one attached hydrogen (secondary N) is 1. The summed E-state index contributed by atoms with van der Waals surface area (Å²) in [7, 11) is 1.55. The third-order valence-electron chi connectivity index (χ3n) is 4.54. The van der Waals surface area contributed by atoms with Gasteiger partial charge in [0.05, 0.1) is 18.8 Å². The number of carbonyl (C=O) groups excluding carboxylic acids is 1. The lowest BCUT2D eigenvalue weighted by atomic mass is 9.92. The van der Waals surface area contributed by atoms with E-state index in [4.69, 9.17) is 4.74 Å². The standard InChI is InChI=1S/C19H21NO3/c1-23-16-10-6-5-9-15(16)18(22)20-13-19(11-12-19)17(21)14-7-3-2-4-8-14/h2-10,17,21H,11-13H2,1H3,(H,20,22)/t17-/m1/s1. The van der Waals surface area contributed by atoms with Crippen LogP contribution in [0.2, 0.25) is 0 Å². The first-order valence-corrected chi connectivity index (χ1v) is 7.80. The number of ether oxygens (including phenoxy) is 1. The second kappa shape index (κ2) is 6.42. The quantitative estimate of drug-likeness (QED) is 0.862. The molecule has 2 aromatic carbocycles. The third-order valence-corrected chi connectivity index (χ3v) is 4.54. The first-order valence-electron chi connectivity index (χ1n) is 7.80. The van der Waals surface area contributed by atoms with Gasteiger partial charge in [0.2, 0.25) is 0 Å². The Hall–Kier alpha value is -2.33. The zero-order chi connectivity index (χ0) is 16.3. The molecule has 0 spiro atoms. The molecule has 1 atom stereocenters. The van der Waals surface area contributed by atoms with Crippen LogP contribution in [0.25, 0.3) is 0 Å². The molecular weight excluding hydrogens is 290 g/mol. The van der Waals surface area contributed by atoms with Gasteiger partial charge >= 0.3 is 0 Å². The predicted molar refractivity (Wildman–Crippen MR) is 88.4 cm³/mol. The summed E-state index contributed by atoms with van der Waals surface area (Å²) in [5.74, 6) is 0.382. The smallest absolute Gasteiger partial charge is 0.255 e. The van der Waals surface area contributed by atoms with Crippen molar-refractivity contribution in [3.05, 3.63) is 65.7 Å². The zero-order valence-corrected chi connectivity index (χ0v) is 13.2. The van der Waals surface area contributed by atoms with Gasteiger partial charge in [-0.25, -0.2) is 0 Å². The number of aliphatic hydroxyl groups excluding tert-OH is 1. The molecule has 0 heterocycles. The number of hydrogen-bond donors (Lipinski definition) is 2. The van der Waals surface area contributed by atoms with Crippen LogP contribution in [0.4, 0.5) is 0 Å². The molecular formula is C19H21NO3. The Morgan fingerprint density at radius 1 is 1.17 bits per heavy atom. The van der Waals surface area contributed by atoms with E-state index in [1.54, 1.807) is 19.2 Å². The molecule has 2 N–H and O–H groups in total. The number of methoxy groups -OCH3 is 1. The molecule has 3 rings (SSSR count). The van der Waals surface area contributed by atoms with E-state index < -0.39 is 6.10 Å². The summed E-state index contributed by atoms with van der Waals surface area (Å²) >= 11 is 0. The number of benzene rings is 2. The van der Waals surface area contributed by atoms with E-state index in [2.05, 4.69) is 5.32 Å². The first kappa shape index (κ1) is 15.6. The zero-order valence-electron chi connectivity index (χ0n) is 13.2. The summed E-state index contributed by atoms with van der Waals surface area (Å²) in [4.78, 5) is 12.4. The van der Waals surface area contributed by atoms with Gasteiger partial charge in [0.25, 0.3) is 5.91 Å². The molecule has 1 aliphatic rings. The summed E-state index contributed by atoms with van der Waals surface area (Å²) in [6.45, 7) is 0.458.